The standard InChI is InChI=1S/C22H30N4O/c1-2-18-8-10-23-21(16-18)26-14-9-20-19(17-26)6-7-22(24-20)27-15-5-13-25-11-3-4-12-25/h6-8,10,16H,2-5,9,11-15,17H2,1H3. The lowest BCUT2D eigenvalue weighted by Crippen LogP contribution is -2.31. The predicted molar refractivity (Wildman–Crippen MR) is 108 cm³/mol. The van der Waals surface area contributed by atoms with Crippen LogP contribution >= 0.6 is 0 Å². The molecule has 2 aromatic heterocycles. The Hall–Kier alpha value is -2.14. The van der Waals surface area contributed by atoms with Crippen molar-refractivity contribution in [2.75, 3.05) is 37.7 Å². The second-order valence-corrected chi connectivity index (χ2v) is 7.55. The van der Waals surface area contributed by atoms with Crippen LogP contribution in [0.5, 0.6) is 5.88 Å². The van der Waals surface area contributed by atoms with Gasteiger partial charge >= 0.3 is 0 Å². The molecule has 0 aliphatic carbocycles. The third-order valence-corrected chi connectivity index (χ3v) is 5.63. The third kappa shape index (κ3) is 4.59. The first-order chi connectivity index (χ1) is 13.3. The summed E-state index contributed by atoms with van der Waals surface area (Å²) in [5.74, 6) is 1.84. The zero-order valence-electron chi connectivity index (χ0n) is 16.4. The van der Waals surface area contributed by atoms with Gasteiger partial charge < -0.3 is 14.5 Å². The van der Waals surface area contributed by atoms with Crippen molar-refractivity contribution in [3.63, 3.8) is 0 Å². The van der Waals surface area contributed by atoms with Gasteiger partial charge in [0.15, 0.2) is 0 Å². The highest BCUT2D eigenvalue weighted by molar-refractivity contribution is 5.45. The molecule has 4 heterocycles. The number of hydrogen-bond acceptors (Lipinski definition) is 5. The van der Waals surface area contributed by atoms with Crippen molar-refractivity contribution in [1.29, 1.82) is 0 Å². The molecular weight excluding hydrogens is 336 g/mol. The first kappa shape index (κ1) is 18.2. The Morgan fingerprint density at radius 3 is 2.85 bits per heavy atom. The highest BCUT2D eigenvalue weighted by atomic mass is 16.5. The molecule has 0 spiro atoms. The fraction of sp³-hybridized carbons (Fsp3) is 0.545. The number of ether oxygens (including phenoxy) is 1. The number of pyridine rings is 2. The molecule has 1 saturated heterocycles. The van der Waals surface area contributed by atoms with Crippen LogP contribution in [0.25, 0.3) is 0 Å². The molecule has 0 radical (unpaired) electrons. The Morgan fingerprint density at radius 2 is 2.00 bits per heavy atom. The van der Waals surface area contributed by atoms with Gasteiger partial charge in [-0.15, -0.1) is 0 Å². The van der Waals surface area contributed by atoms with E-state index in [1.54, 1.807) is 0 Å². The molecule has 0 N–H and O–H groups in total. The highest BCUT2D eigenvalue weighted by Gasteiger charge is 2.19. The SMILES string of the molecule is CCc1ccnc(N2CCc3nc(OCCCN4CCCC4)ccc3C2)c1. The third-order valence-electron chi connectivity index (χ3n) is 5.63. The van der Waals surface area contributed by atoms with Crippen molar-refractivity contribution < 1.29 is 4.74 Å². The zero-order valence-corrected chi connectivity index (χ0v) is 16.4. The van der Waals surface area contributed by atoms with Gasteiger partial charge in [-0.25, -0.2) is 9.97 Å². The monoisotopic (exact) mass is 366 g/mol. The Morgan fingerprint density at radius 1 is 1.11 bits per heavy atom. The Balaban J connectivity index is 1.32. The summed E-state index contributed by atoms with van der Waals surface area (Å²) in [7, 11) is 0. The van der Waals surface area contributed by atoms with E-state index < -0.39 is 0 Å². The summed E-state index contributed by atoms with van der Waals surface area (Å²) < 4.78 is 5.91. The fourth-order valence-corrected chi connectivity index (χ4v) is 4.00. The molecule has 0 aromatic carbocycles. The summed E-state index contributed by atoms with van der Waals surface area (Å²) in [5.41, 5.74) is 3.80. The first-order valence-corrected chi connectivity index (χ1v) is 10.4. The Labute approximate surface area is 162 Å². The van der Waals surface area contributed by atoms with Crippen LogP contribution < -0.4 is 9.64 Å². The second kappa shape index (κ2) is 8.70. The predicted octanol–water partition coefficient (Wildman–Crippen LogP) is 3.47. The number of aryl methyl sites for hydroxylation is 1. The van der Waals surface area contributed by atoms with E-state index in [2.05, 4.69) is 39.9 Å². The number of fused-ring (bicyclic) bond motifs is 1. The summed E-state index contributed by atoms with van der Waals surface area (Å²) in [6.07, 6.45) is 7.68. The molecule has 0 bridgehead atoms. The van der Waals surface area contributed by atoms with Crippen LogP contribution in [0.1, 0.15) is 43.0 Å². The van der Waals surface area contributed by atoms with Gasteiger partial charge in [0.2, 0.25) is 5.88 Å². The maximum absolute atomic E-state index is 5.91. The Kier molecular flexibility index (Phi) is 5.87. The molecule has 1 fully saturated rings. The lowest BCUT2D eigenvalue weighted by Gasteiger charge is -2.29. The van der Waals surface area contributed by atoms with E-state index in [0.717, 1.165) is 57.2 Å². The molecule has 5 nitrogen and oxygen atoms in total. The van der Waals surface area contributed by atoms with Gasteiger partial charge in [0, 0.05) is 38.3 Å². The van der Waals surface area contributed by atoms with E-state index in [1.165, 1.54) is 42.8 Å². The van der Waals surface area contributed by atoms with Crippen molar-refractivity contribution in [2.24, 2.45) is 0 Å². The fourth-order valence-electron chi connectivity index (χ4n) is 4.00. The molecule has 0 unspecified atom stereocenters. The minimum atomic E-state index is 0.752. The van der Waals surface area contributed by atoms with Gasteiger partial charge in [0.1, 0.15) is 5.82 Å². The molecule has 27 heavy (non-hydrogen) atoms. The molecule has 2 aliphatic heterocycles. The smallest absolute Gasteiger partial charge is 0.213 e. The van der Waals surface area contributed by atoms with Crippen LogP contribution in [0.15, 0.2) is 30.5 Å². The van der Waals surface area contributed by atoms with Crippen molar-refractivity contribution in [3.8, 4) is 5.88 Å². The number of likely N-dealkylation sites (tertiary alicyclic amines) is 1. The van der Waals surface area contributed by atoms with E-state index in [1.807, 2.05) is 12.3 Å². The number of aromatic nitrogens is 2. The highest BCUT2D eigenvalue weighted by Crippen LogP contribution is 2.24. The van der Waals surface area contributed by atoms with Crippen molar-refractivity contribution in [3.05, 3.63) is 47.3 Å². The van der Waals surface area contributed by atoms with Crippen LogP contribution in [-0.4, -0.2) is 47.7 Å². The maximum Gasteiger partial charge on any atom is 0.213 e. The summed E-state index contributed by atoms with van der Waals surface area (Å²) in [5, 5.41) is 0. The number of nitrogens with zero attached hydrogens (tertiary/aromatic N) is 4. The first-order valence-electron chi connectivity index (χ1n) is 10.4. The maximum atomic E-state index is 5.91. The van der Waals surface area contributed by atoms with E-state index >= 15 is 0 Å². The molecule has 0 saturated carbocycles. The van der Waals surface area contributed by atoms with Crippen LogP contribution in [0.2, 0.25) is 0 Å². The number of anilines is 1. The van der Waals surface area contributed by atoms with E-state index in [-0.39, 0.29) is 0 Å². The topological polar surface area (TPSA) is 41.5 Å². The van der Waals surface area contributed by atoms with Crippen LogP contribution in [0.3, 0.4) is 0 Å². The van der Waals surface area contributed by atoms with Crippen molar-refractivity contribution in [2.45, 2.75) is 45.6 Å². The molecule has 5 heteroatoms. The normalized spacial score (nSPS) is 17.1. The number of hydrogen-bond donors (Lipinski definition) is 0. The molecule has 0 atom stereocenters. The summed E-state index contributed by atoms with van der Waals surface area (Å²) >= 11 is 0. The second-order valence-electron chi connectivity index (χ2n) is 7.55. The van der Waals surface area contributed by atoms with E-state index in [4.69, 9.17) is 9.72 Å². The summed E-state index contributed by atoms with van der Waals surface area (Å²) in [6, 6.07) is 8.49. The summed E-state index contributed by atoms with van der Waals surface area (Å²) in [6.45, 7) is 8.41. The molecule has 2 aromatic rings. The molecule has 2 aliphatic rings. The van der Waals surface area contributed by atoms with E-state index in [0.29, 0.717) is 0 Å². The average Bonchev–Trinajstić information content (AvgIpc) is 3.24. The van der Waals surface area contributed by atoms with Crippen LogP contribution in [0.4, 0.5) is 5.82 Å². The average molecular weight is 367 g/mol. The van der Waals surface area contributed by atoms with Gasteiger partial charge in [-0.05, 0) is 62.0 Å². The summed E-state index contributed by atoms with van der Waals surface area (Å²) in [4.78, 5) is 14.2. The van der Waals surface area contributed by atoms with Crippen molar-refractivity contribution in [1.82, 2.24) is 14.9 Å². The van der Waals surface area contributed by atoms with Gasteiger partial charge in [0.05, 0.1) is 12.3 Å². The molecule has 4 rings (SSSR count). The quantitative estimate of drug-likeness (QED) is 0.702. The minimum Gasteiger partial charge on any atom is -0.478 e. The molecular formula is C22H30N4O. The van der Waals surface area contributed by atoms with Gasteiger partial charge in [-0.3, -0.25) is 0 Å². The van der Waals surface area contributed by atoms with Gasteiger partial charge in [-0.2, -0.15) is 0 Å². The van der Waals surface area contributed by atoms with Gasteiger partial charge in [-0.1, -0.05) is 13.0 Å². The largest absolute Gasteiger partial charge is 0.478 e. The van der Waals surface area contributed by atoms with Crippen LogP contribution in [-0.2, 0) is 19.4 Å². The molecule has 144 valence electrons. The van der Waals surface area contributed by atoms with Crippen LogP contribution in [0, 0.1) is 0 Å². The van der Waals surface area contributed by atoms with E-state index in [9.17, 15) is 0 Å². The number of rotatable bonds is 7. The Bertz CT molecular complexity index is 758. The lowest BCUT2D eigenvalue weighted by atomic mass is 10.1. The lowest BCUT2D eigenvalue weighted by molar-refractivity contribution is 0.256. The van der Waals surface area contributed by atoms with Crippen molar-refractivity contribution >= 4 is 5.82 Å². The minimum absolute atomic E-state index is 0.752. The molecule has 0 amide bonds. The zero-order chi connectivity index (χ0) is 18.5. The van der Waals surface area contributed by atoms with Gasteiger partial charge in [0.25, 0.3) is 0 Å².